The number of hydrogen-bond acceptors (Lipinski definition) is 4. The molecule has 6 heteroatoms. The number of unbranched alkanes of at least 4 members (excludes halogenated alkanes) is 5. The van der Waals surface area contributed by atoms with E-state index in [1.807, 2.05) is 6.07 Å². The van der Waals surface area contributed by atoms with E-state index in [1.54, 1.807) is 14.2 Å². The average molecular weight is 484 g/mol. The third-order valence-electron chi connectivity index (χ3n) is 7.02. The predicted molar refractivity (Wildman–Crippen MR) is 130 cm³/mol. The molecule has 2 aliphatic heterocycles. The smallest absolute Gasteiger partial charge is 0.231 e. The van der Waals surface area contributed by atoms with E-state index in [2.05, 4.69) is 35.9 Å². The summed E-state index contributed by atoms with van der Waals surface area (Å²) in [4.78, 5) is 0. The Morgan fingerprint density at radius 1 is 0.912 bits per heavy atom. The Balaban J connectivity index is 0.00000274. The highest BCUT2D eigenvalue weighted by molar-refractivity contribution is 5.95. The summed E-state index contributed by atoms with van der Waals surface area (Å²) in [7, 11) is 3.43. The molecule has 34 heavy (non-hydrogen) atoms. The van der Waals surface area contributed by atoms with Gasteiger partial charge in [0.05, 0.1) is 25.2 Å². The first-order valence-corrected chi connectivity index (χ1v) is 12.3. The molecule has 5 nitrogen and oxygen atoms in total. The molecule has 5 rings (SSSR count). The number of pyridine rings is 1. The van der Waals surface area contributed by atoms with E-state index in [4.69, 9.17) is 18.9 Å². The molecule has 0 spiro atoms. The number of aromatic nitrogens is 1. The van der Waals surface area contributed by atoms with Gasteiger partial charge in [0.25, 0.3) is 0 Å². The number of halogens is 1. The first-order valence-electron chi connectivity index (χ1n) is 12.3. The molecule has 0 aliphatic carbocycles. The van der Waals surface area contributed by atoms with Crippen LogP contribution < -0.4 is 35.9 Å². The molecule has 0 saturated heterocycles. The lowest BCUT2D eigenvalue weighted by molar-refractivity contribution is -0.686. The number of hydrogen-bond donors (Lipinski definition) is 0. The molecule has 0 saturated carbocycles. The van der Waals surface area contributed by atoms with E-state index in [0.717, 1.165) is 47.8 Å². The van der Waals surface area contributed by atoms with Crippen molar-refractivity contribution >= 4 is 10.8 Å². The van der Waals surface area contributed by atoms with Crippen LogP contribution >= 0.6 is 0 Å². The Labute approximate surface area is 208 Å². The first-order chi connectivity index (χ1) is 16.2. The molecule has 182 valence electrons. The zero-order valence-electron chi connectivity index (χ0n) is 20.4. The number of fused-ring (bicyclic) bond motifs is 5. The van der Waals surface area contributed by atoms with Crippen LogP contribution in [0, 0.1) is 0 Å². The van der Waals surface area contributed by atoms with Crippen molar-refractivity contribution in [1.29, 1.82) is 0 Å². The van der Waals surface area contributed by atoms with Gasteiger partial charge < -0.3 is 31.4 Å². The highest BCUT2D eigenvalue weighted by Gasteiger charge is 2.32. The van der Waals surface area contributed by atoms with E-state index < -0.39 is 0 Å². The van der Waals surface area contributed by atoms with Gasteiger partial charge in [-0.3, -0.25) is 0 Å². The summed E-state index contributed by atoms with van der Waals surface area (Å²) in [6.45, 7) is 3.50. The number of ether oxygens (including phenoxy) is 4. The van der Waals surface area contributed by atoms with Gasteiger partial charge in [0.1, 0.15) is 0 Å². The van der Waals surface area contributed by atoms with E-state index in [-0.39, 0.29) is 12.4 Å². The summed E-state index contributed by atoms with van der Waals surface area (Å²) in [6.07, 6.45) is 11.9. The summed E-state index contributed by atoms with van der Waals surface area (Å²) in [5.74, 6) is 3.30. The molecule has 2 aliphatic rings. The predicted octanol–water partition coefficient (Wildman–Crippen LogP) is 3.00. The SMILES string of the molecule is CCCCCCCCc1c2[n+](cc3c(OC)c(OC)ccc13)CCc1cc3c(cc1-2)OCO3.[Cl-]. The summed E-state index contributed by atoms with van der Waals surface area (Å²) in [5.41, 5.74) is 5.30. The van der Waals surface area contributed by atoms with E-state index >= 15 is 0 Å². The van der Waals surface area contributed by atoms with Crippen LogP contribution in [0.4, 0.5) is 0 Å². The Kier molecular flexibility index (Phi) is 7.72. The van der Waals surface area contributed by atoms with Crippen molar-refractivity contribution in [3.8, 4) is 34.3 Å². The number of methoxy groups -OCH3 is 2. The van der Waals surface area contributed by atoms with Gasteiger partial charge in [-0.2, -0.15) is 4.57 Å². The van der Waals surface area contributed by atoms with Crippen LogP contribution in [0.15, 0.2) is 30.5 Å². The number of benzene rings is 2. The molecular formula is C28H34ClNO4. The highest BCUT2D eigenvalue weighted by Crippen LogP contribution is 2.43. The lowest BCUT2D eigenvalue weighted by atomic mass is 9.89. The van der Waals surface area contributed by atoms with Crippen LogP contribution in [0.1, 0.15) is 56.6 Å². The number of rotatable bonds is 9. The second-order valence-electron chi connectivity index (χ2n) is 9.04. The van der Waals surface area contributed by atoms with Crippen LogP contribution in [0.25, 0.3) is 22.0 Å². The van der Waals surface area contributed by atoms with Gasteiger partial charge in [0.15, 0.2) is 35.7 Å². The van der Waals surface area contributed by atoms with Crippen LogP contribution in [0.3, 0.4) is 0 Å². The Bertz CT molecular complexity index is 1180. The van der Waals surface area contributed by atoms with Gasteiger partial charge in [-0.15, -0.1) is 0 Å². The second kappa shape index (κ2) is 10.7. The van der Waals surface area contributed by atoms with Gasteiger partial charge >= 0.3 is 0 Å². The lowest BCUT2D eigenvalue weighted by Crippen LogP contribution is -3.00. The van der Waals surface area contributed by atoms with Gasteiger partial charge in [0.2, 0.25) is 12.5 Å². The highest BCUT2D eigenvalue weighted by atomic mass is 35.5. The van der Waals surface area contributed by atoms with Crippen LogP contribution in [-0.4, -0.2) is 21.0 Å². The molecule has 0 N–H and O–H groups in total. The average Bonchev–Trinajstić information content (AvgIpc) is 3.30. The van der Waals surface area contributed by atoms with Crippen molar-refractivity contribution in [3.63, 3.8) is 0 Å². The molecule has 0 bridgehead atoms. The topological polar surface area (TPSA) is 40.8 Å². The van der Waals surface area contributed by atoms with Crippen LogP contribution in [0.5, 0.6) is 23.0 Å². The summed E-state index contributed by atoms with van der Waals surface area (Å²) in [5, 5.41) is 2.36. The van der Waals surface area contributed by atoms with Gasteiger partial charge in [-0.05, 0) is 42.7 Å². The van der Waals surface area contributed by atoms with Gasteiger partial charge in [0, 0.05) is 17.4 Å². The van der Waals surface area contributed by atoms with Crippen molar-refractivity contribution in [2.75, 3.05) is 21.0 Å². The molecule has 0 radical (unpaired) electrons. The van der Waals surface area contributed by atoms with E-state index in [1.165, 1.54) is 66.3 Å². The Morgan fingerprint density at radius 3 is 2.44 bits per heavy atom. The maximum absolute atomic E-state index is 5.82. The molecule has 0 fully saturated rings. The van der Waals surface area contributed by atoms with Crippen molar-refractivity contribution in [1.82, 2.24) is 0 Å². The Morgan fingerprint density at radius 2 is 1.68 bits per heavy atom. The molecule has 3 aromatic rings. The van der Waals surface area contributed by atoms with Crippen molar-refractivity contribution in [3.05, 3.63) is 41.6 Å². The molecule has 0 unspecified atom stereocenters. The summed E-state index contributed by atoms with van der Waals surface area (Å²) < 4.78 is 25.2. The molecular weight excluding hydrogens is 450 g/mol. The molecule has 0 atom stereocenters. The minimum absolute atomic E-state index is 0. The quantitative estimate of drug-likeness (QED) is 0.346. The maximum Gasteiger partial charge on any atom is 0.231 e. The second-order valence-corrected chi connectivity index (χ2v) is 9.04. The van der Waals surface area contributed by atoms with Crippen molar-refractivity contribution < 1.29 is 35.9 Å². The number of aryl methyl sites for hydroxylation is 3. The molecule has 2 aromatic carbocycles. The lowest BCUT2D eigenvalue weighted by Gasteiger charge is -2.21. The van der Waals surface area contributed by atoms with E-state index in [0.29, 0.717) is 6.79 Å². The molecule has 0 amide bonds. The van der Waals surface area contributed by atoms with E-state index in [9.17, 15) is 0 Å². The van der Waals surface area contributed by atoms with Crippen LogP contribution in [0.2, 0.25) is 0 Å². The normalized spacial score (nSPS) is 13.3. The summed E-state index contributed by atoms with van der Waals surface area (Å²) >= 11 is 0. The molecule has 3 heterocycles. The first kappa shape index (κ1) is 24.5. The standard InChI is InChI=1S/C28H34NO4.ClH/c1-4-5-6-7-8-9-10-21-20-11-12-24(30-2)28(31-3)23(20)17-29-14-13-19-15-25-26(33-18-32-25)16-22(19)27(21)29;/h11-12,15-17H,4-10,13-14,18H2,1-3H3;1H/q+1;/p-1. The van der Waals surface area contributed by atoms with Crippen molar-refractivity contribution in [2.45, 2.75) is 64.8 Å². The Hall–Kier alpha value is -2.66. The molecule has 1 aromatic heterocycles. The summed E-state index contributed by atoms with van der Waals surface area (Å²) in [6, 6.07) is 8.59. The minimum Gasteiger partial charge on any atom is -1.00 e. The van der Waals surface area contributed by atoms with Crippen LogP contribution in [-0.2, 0) is 19.4 Å². The fourth-order valence-corrected chi connectivity index (χ4v) is 5.34. The monoisotopic (exact) mass is 483 g/mol. The zero-order valence-corrected chi connectivity index (χ0v) is 21.2. The van der Waals surface area contributed by atoms with Gasteiger partial charge in [-0.1, -0.05) is 39.0 Å². The maximum atomic E-state index is 5.82. The third kappa shape index (κ3) is 4.38. The van der Waals surface area contributed by atoms with Crippen molar-refractivity contribution in [2.24, 2.45) is 0 Å². The third-order valence-corrected chi connectivity index (χ3v) is 7.02. The zero-order chi connectivity index (χ0) is 22.8. The number of nitrogens with zero attached hydrogens (tertiary/aromatic N) is 1. The van der Waals surface area contributed by atoms with Gasteiger partial charge in [-0.25, -0.2) is 0 Å². The fourth-order valence-electron chi connectivity index (χ4n) is 5.34. The largest absolute Gasteiger partial charge is 1.00 e. The fraction of sp³-hybridized carbons (Fsp3) is 0.464. The minimum atomic E-state index is 0.